The molecule has 184 valence electrons. The molecule has 1 aromatic heterocycles. The Labute approximate surface area is 213 Å². The molecular weight excluding hydrogens is 478 g/mol. The van der Waals surface area contributed by atoms with Gasteiger partial charge in [0, 0.05) is 17.3 Å². The van der Waals surface area contributed by atoms with Crippen LogP contribution in [0, 0.1) is 31.4 Å². The van der Waals surface area contributed by atoms with Gasteiger partial charge in [-0.2, -0.15) is 5.10 Å². The molecule has 2 aliphatic rings. The van der Waals surface area contributed by atoms with E-state index in [0.717, 1.165) is 53.1 Å². The Hall–Kier alpha value is -3.39. The van der Waals surface area contributed by atoms with Crippen LogP contribution in [0.5, 0.6) is 0 Å². The molecular formula is C28H26F2N4OS. The maximum atomic E-state index is 13.7. The van der Waals surface area contributed by atoms with Crippen molar-refractivity contribution in [1.82, 2.24) is 15.0 Å². The third kappa shape index (κ3) is 5.23. The number of aromatic nitrogens is 2. The lowest BCUT2D eigenvalue weighted by Gasteiger charge is -2.29. The van der Waals surface area contributed by atoms with E-state index in [0.29, 0.717) is 5.16 Å². The van der Waals surface area contributed by atoms with Crippen LogP contribution in [-0.4, -0.2) is 32.3 Å². The van der Waals surface area contributed by atoms with E-state index in [-0.39, 0.29) is 35.3 Å². The molecule has 0 saturated heterocycles. The molecule has 5 rings (SSSR count). The third-order valence-electron chi connectivity index (χ3n) is 6.47. The number of fused-ring (bicyclic) bond motifs is 1. The van der Waals surface area contributed by atoms with Gasteiger partial charge in [0.05, 0.1) is 17.5 Å². The van der Waals surface area contributed by atoms with Crippen molar-refractivity contribution in [2.45, 2.75) is 44.3 Å². The van der Waals surface area contributed by atoms with Crippen LogP contribution in [0.25, 0.3) is 6.08 Å². The fourth-order valence-corrected chi connectivity index (χ4v) is 5.71. The zero-order chi connectivity index (χ0) is 25.2. The molecule has 1 aliphatic heterocycles. The van der Waals surface area contributed by atoms with Crippen molar-refractivity contribution in [1.29, 1.82) is 0 Å². The second kappa shape index (κ2) is 10.3. The van der Waals surface area contributed by atoms with Gasteiger partial charge < -0.3 is 0 Å². The minimum absolute atomic E-state index is 0.00215. The maximum absolute atomic E-state index is 13.7. The van der Waals surface area contributed by atoms with Crippen LogP contribution < -0.4 is 0 Å². The van der Waals surface area contributed by atoms with Crippen molar-refractivity contribution in [3.63, 3.8) is 0 Å². The van der Waals surface area contributed by atoms with Gasteiger partial charge in [-0.3, -0.25) is 4.79 Å². The topological polar surface area (TPSA) is 58.5 Å². The van der Waals surface area contributed by atoms with Crippen LogP contribution in [0.3, 0.4) is 0 Å². The molecule has 1 aliphatic carbocycles. The van der Waals surface area contributed by atoms with E-state index in [9.17, 15) is 13.6 Å². The Morgan fingerprint density at radius 3 is 2.33 bits per heavy atom. The number of aryl methyl sites for hydroxylation is 2. The molecule has 1 amide bonds. The van der Waals surface area contributed by atoms with Gasteiger partial charge in [0.1, 0.15) is 11.6 Å². The van der Waals surface area contributed by atoms with Crippen LogP contribution in [-0.2, 0) is 4.79 Å². The second-order valence-corrected chi connectivity index (χ2v) is 10.1. The summed E-state index contributed by atoms with van der Waals surface area (Å²) in [4.78, 5) is 22.3. The third-order valence-corrected chi connectivity index (χ3v) is 7.30. The zero-order valence-corrected chi connectivity index (χ0v) is 20.9. The highest BCUT2D eigenvalue weighted by Gasteiger charge is 2.43. The Kier molecular flexibility index (Phi) is 6.96. The van der Waals surface area contributed by atoms with Crippen LogP contribution in [0.2, 0.25) is 0 Å². The fraction of sp³-hybridized carbons (Fsp3) is 0.286. The molecule has 0 N–H and O–H groups in total. The van der Waals surface area contributed by atoms with Gasteiger partial charge in [0.2, 0.25) is 0 Å². The Morgan fingerprint density at radius 2 is 1.67 bits per heavy atom. The van der Waals surface area contributed by atoms with Crippen molar-refractivity contribution >= 4 is 29.5 Å². The molecule has 0 unspecified atom stereocenters. The number of hydrogen-bond acceptors (Lipinski definition) is 5. The molecule has 8 heteroatoms. The first-order valence-electron chi connectivity index (χ1n) is 11.9. The van der Waals surface area contributed by atoms with Crippen LogP contribution in [0.1, 0.15) is 47.8 Å². The largest absolute Gasteiger partial charge is 0.272 e. The van der Waals surface area contributed by atoms with Gasteiger partial charge in [0.25, 0.3) is 5.91 Å². The number of carbonyl (C=O) groups excluding carboxylic acids is 1. The summed E-state index contributed by atoms with van der Waals surface area (Å²) >= 11 is 1.29. The number of thioether (sulfide) groups is 1. The van der Waals surface area contributed by atoms with E-state index < -0.39 is 0 Å². The van der Waals surface area contributed by atoms with Crippen LogP contribution in [0.15, 0.2) is 70.4 Å². The number of amides is 1. The van der Waals surface area contributed by atoms with E-state index in [1.54, 1.807) is 29.3 Å². The number of nitrogens with zero attached hydrogens (tertiary/aromatic N) is 4. The van der Waals surface area contributed by atoms with Crippen molar-refractivity contribution in [3.05, 3.63) is 94.3 Å². The van der Waals surface area contributed by atoms with Gasteiger partial charge in [0.15, 0.2) is 5.16 Å². The van der Waals surface area contributed by atoms with Crippen LogP contribution >= 0.6 is 11.8 Å². The quantitative estimate of drug-likeness (QED) is 0.303. The van der Waals surface area contributed by atoms with E-state index in [1.165, 1.54) is 36.0 Å². The van der Waals surface area contributed by atoms with E-state index in [4.69, 9.17) is 5.10 Å². The first-order valence-corrected chi connectivity index (χ1v) is 12.9. The molecule has 1 saturated carbocycles. The Morgan fingerprint density at radius 1 is 1.03 bits per heavy atom. The van der Waals surface area contributed by atoms with Gasteiger partial charge in [-0.15, -0.1) is 0 Å². The predicted octanol–water partition coefficient (Wildman–Crippen LogP) is 6.29. The van der Waals surface area contributed by atoms with Crippen molar-refractivity contribution < 1.29 is 13.6 Å². The molecule has 3 aromatic rings. The highest BCUT2D eigenvalue weighted by molar-refractivity contribution is 7.99. The van der Waals surface area contributed by atoms with E-state index in [2.05, 4.69) is 9.97 Å². The van der Waals surface area contributed by atoms with Gasteiger partial charge in [-0.25, -0.2) is 23.8 Å². The molecule has 1 fully saturated rings. The number of hydrazone groups is 1. The summed E-state index contributed by atoms with van der Waals surface area (Å²) in [5.74, 6) is -0.613. The summed E-state index contributed by atoms with van der Waals surface area (Å²) in [7, 11) is 0. The molecule has 36 heavy (non-hydrogen) atoms. The lowest BCUT2D eigenvalue weighted by atomic mass is 9.77. The van der Waals surface area contributed by atoms with Crippen molar-refractivity contribution in [2.75, 3.05) is 5.75 Å². The standard InChI is InChI=1S/C28H26F2N4OS/c1-17-14-18(2)32-28(31-17)36-16-25(35)34-27(20-8-12-23(30)13-9-20)24-5-3-4-21(26(24)33-34)15-19-6-10-22(29)11-7-19/h6-15,24,27H,3-5,16H2,1-2H3/b21-15-/t24-,27-/m1/s1. The predicted molar refractivity (Wildman–Crippen MR) is 137 cm³/mol. The molecule has 2 atom stereocenters. The first-order chi connectivity index (χ1) is 17.4. The number of halogens is 2. The highest BCUT2D eigenvalue weighted by Crippen LogP contribution is 2.44. The van der Waals surface area contributed by atoms with Gasteiger partial charge >= 0.3 is 0 Å². The summed E-state index contributed by atoms with van der Waals surface area (Å²) in [6.45, 7) is 3.80. The molecule has 0 spiro atoms. The zero-order valence-electron chi connectivity index (χ0n) is 20.1. The lowest BCUT2D eigenvalue weighted by molar-refractivity contribution is -0.130. The van der Waals surface area contributed by atoms with E-state index in [1.807, 2.05) is 26.0 Å². The number of rotatable bonds is 5. The molecule has 2 aromatic carbocycles. The summed E-state index contributed by atoms with van der Waals surface area (Å²) in [5, 5.41) is 6.96. The smallest absolute Gasteiger partial charge is 0.253 e. The summed E-state index contributed by atoms with van der Waals surface area (Å²) in [6.07, 6.45) is 4.68. The van der Waals surface area contributed by atoms with Crippen molar-refractivity contribution in [2.24, 2.45) is 11.0 Å². The second-order valence-electron chi connectivity index (χ2n) is 9.16. The molecule has 0 radical (unpaired) electrons. The lowest BCUT2D eigenvalue weighted by Crippen LogP contribution is -2.32. The minimum Gasteiger partial charge on any atom is -0.272 e. The van der Waals surface area contributed by atoms with Gasteiger partial charge in [-0.05, 0) is 86.2 Å². The average molecular weight is 505 g/mol. The minimum atomic E-state index is -0.321. The number of carbonyl (C=O) groups is 1. The first kappa shape index (κ1) is 24.3. The normalized spacial score (nSPS) is 20.4. The monoisotopic (exact) mass is 504 g/mol. The Bertz CT molecular complexity index is 1320. The molecule has 2 heterocycles. The summed E-state index contributed by atoms with van der Waals surface area (Å²) in [5.41, 5.74) is 5.37. The SMILES string of the molecule is Cc1cc(C)nc(SCC(=O)N2N=C3/C(=C\c4ccc(F)cc4)CCC[C@H]3[C@H]2c2ccc(F)cc2)n1. The maximum Gasteiger partial charge on any atom is 0.253 e. The summed E-state index contributed by atoms with van der Waals surface area (Å²) < 4.78 is 27.1. The average Bonchev–Trinajstić information content (AvgIpc) is 3.25. The molecule has 0 bridgehead atoms. The Balaban J connectivity index is 1.46. The highest BCUT2D eigenvalue weighted by atomic mass is 32.2. The van der Waals surface area contributed by atoms with E-state index >= 15 is 0 Å². The molecule has 5 nitrogen and oxygen atoms in total. The van der Waals surface area contributed by atoms with Crippen molar-refractivity contribution in [3.8, 4) is 0 Å². The van der Waals surface area contributed by atoms with Gasteiger partial charge in [-0.1, -0.05) is 36.0 Å². The fourth-order valence-electron chi connectivity index (χ4n) is 4.91. The summed E-state index contributed by atoms with van der Waals surface area (Å²) in [6, 6.07) is 14.2. The number of hydrogen-bond donors (Lipinski definition) is 0. The number of benzene rings is 2. The number of allylic oxidation sites excluding steroid dienone is 1. The van der Waals surface area contributed by atoms with Crippen LogP contribution in [0.4, 0.5) is 8.78 Å².